The highest BCUT2D eigenvalue weighted by molar-refractivity contribution is 6.69. The van der Waals surface area contributed by atoms with Crippen molar-refractivity contribution in [3.05, 3.63) is 29.3 Å². The maximum Gasteiger partial charge on any atom is 0.186 e. The van der Waals surface area contributed by atoms with E-state index < -0.39 is 14.4 Å². The van der Waals surface area contributed by atoms with E-state index in [1.807, 2.05) is 19.6 Å². The van der Waals surface area contributed by atoms with Gasteiger partial charge < -0.3 is 9.16 Å². The standard InChI is InChI=1S/C13H16N2O2Si/c1-16-12-6-5-10(7-11(12)8-14)13(9-15)17-18(2,3)4/h5-7,13H,1-4H3. The molecule has 0 N–H and O–H groups in total. The van der Waals surface area contributed by atoms with Crippen LogP contribution in [-0.4, -0.2) is 15.4 Å². The second-order valence-electron chi connectivity index (χ2n) is 4.81. The van der Waals surface area contributed by atoms with Crippen molar-refractivity contribution < 1.29 is 9.16 Å². The fourth-order valence-electron chi connectivity index (χ4n) is 1.50. The summed E-state index contributed by atoms with van der Waals surface area (Å²) in [5, 5.41) is 18.2. The summed E-state index contributed by atoms with van der Waals surface area (Å²) in [5.74, 6) is 0.506. The van der Waals surface area contributed by atoms with Gasteiger partial charge in [0.15, 0.2) is 14.4 Å². The lowest BCUT2D eigenvalue weighted by Gasteiger charge is -2.22. The first-order valence-corrected chi connectivity index (χ1v) is 8.97. The predicted octanol–water partition coefficient (Wildman–Crippen LogP) is 2.98. The molecular formula is C13H16N2O2Si. The van der Waals surface area contributed by atoms with Gasteiger partial charge >= 0.3 is 0 Å². The van der Waals surface area contributed by atoms with E-state index in [-0.39, 0.29) is 0 Å². The van der Waals surface area contributed by atoms with Gasteiger partial charge in [0.05, 0.1) is 18.7 Å². The van der Waals surface area contributed by atoms with E-state index in [1.165, 1.54) is 7.11 Å². The van der Waals surface area contributed by atoms with Crippen LogP contribution in [0, 0.1) is 22.7 Å². The molecule has 1 unspecified atom stereocenters. The highest BCUT2D eigenvalue weighted by Crippen LogP contribution is 2.26. The van der Waals surface area contributed by atoms with Gasteiger partial charge in [-0.25, -0.2) is 0 Å². The number of methoxy groups -OCH3 is 1. The summed E-state index contributed by atoms with van der Waals surface area (Å²) in [4.78, 5) is 0. The molecule has 0 saturated carbocycles. The molecule has 1 rings (SSSR count). The quantitative estimate of drug-likeness (QED) is 0.780. The number of hydrogen-bond acceptors (Lipinski definition) is 4. The minimum Gasteiger partial charge on any atom is -0.495 e. The fraction of sp³-hybridized carbons (Fsp3) is 0.385. The average Bonchev–Trinajstić information content (AvgIpc) is 2.34. The number of rotatable bonds is 4. The van der Waals surface area contributed by atoms with E-state index >= 15 is 0 Å². The Balaban J connectivity index is 3.10. The Bertz CT molecular complexity index is 509. The topological polar surface area (TPSA) is 66.0 Å². The number of ether oxygens (including phenoxy) is 1. The Labute approximate surface area is 109 Å². The largest absolute Gasteiger partial charge is 0.495 e. The highest BCUT2D eigenvalue weighted by atomic mass is 28.4. The van der Waals surface area contributed by atoms with Crippen molar-refractivity contribution in [3.8, 4) is 17.9 Å². The molecule has 0 amide bonds. The summed E-state index contributed by atoms with van der Waals surface area (Å²) in [6, 6.07) is 9.27. The SMILES string of the molecule is COc1ccc(C(C#N)O[Si](C)(C)C)cc1C#N. The lowest BCUT2D eigenvalue weighted by atomic mass is 10.1. The molecule has 0 bridgehead atoms. The summed E-state index contributed by atoms with van der Waals surface area (Å²) >= 11 is 0. The highest BCUT2D eigenvalue weighted by Gasteiger charge is 2.22. The van der Waals surface area contributed by atoms with Gasteiger partial charge in [-0.3, -0.25) is 0 Å². The van der Waals surface area contributed by atoms with Crippen LogP contribution in [0.15, 0.2) is 18.2 Å². The van der Waals surface area contributed by atoms with Crippen molar-refractivity contribution in [1.82, 2.24) is 0 Å². The Morgan fingerprint density at radius 3 is 2.33 bits per heavy atom. The van der Waals surface area contributed by atoms with Crippen molar-refractivity contribution in [3.63, 3.8) is 0 Å². The van der Waals surface area contributed by atoms with E-state index in [0.29, 0.717) is 16.9 Å². The molecule has 4 nitrogen and oxygen atoms in total. The Hall–Kier alpha value is -1.82. The molecule has 0 aliphatic rings. The van der Waals surface area contributed by atoms with Crippen molar-refractivity contribution in [1.29, 1.82) is 10.5 Å². The maximum atomic E-state index is 9.17. The van der Waals surface area contributed by atoms with Crippen molar-refractivity contribution in [2.45, 2.75) is 25.7 Å². The second-order valence-corrected chi connectivity index (χ2v) is 9.27. The van der Waals surface area contributed by atoms with Crippen molar-refractivity contribution in [2.24, 2.45) is 0 Å². The van der Waals surface area contributed by atoms with Gasteiger partial charge in [-0.05, 0) is 37.3 Å². The molecule has 0 aromatic heterocycles. The number of nitrogens with zero attached hydrogens (tertiary/aromatic N) is 2. The zero-order valence-electron chi connectivity index (χ0n) is 11.0. The molecule has 1 atom stereocenters. The van der Waals surface area contributed by atoms with Crippen molar-refractivity contribution in [2.75, 3.05) is 7.11 Å². The van der Waals surface area contributed by atoms with Crippen LogP contribution in [0.1, 0.15) is 17.2 Å². The summed E-state index contributed by atoms with van der Waals surface area (Å²) < 4.78 is 10.8. The summed E-state index contributed by atoms with van der Waals surface area (Å²) in [7, 11) is -0.300. The van der Waals surface area contributed by atoms with E-state index in [2.05, 4.69) is 12.1 Å². The smallest absolute Gasteiger partial charge is 0.186 e. The van der Waals surface area contributed by atoms with Crippen LogP contribution in [-0.2, 0) is 4.43 Å². The van der Waals surface area contributed by atoms with Crippen LogP contribution >= 0.6 is 0 Å². The summed E-state index contributed by atoms with van der Waals surface area (Å²) in [5.41, 5.74) is 1.10. The minimum absolute atomic E-state index is 0.412. The van der Waals surface area contributed by atoms with Crippen LogP contribution in [0.25, 0.3) is 0 Å². The first kappa shape index (κ1) is 14.2. The lowest BCUT2D eigenvalue weighted by Crippen LogP contribution is -2.27. The second kappa shape index (κ2) is 5.68. The number of nitriles is 2. The van der Waals surface area contributed by atoms with E-state index in [4.69, 9.17) is 19.7 Å². The molecule has 0 saturated heterocycles. The molecule has 0 aliphatic carbocycles. The molecule has 0 radical (unpaired) electrons. The van der Waals surface area contributed by atoms with Crippen LogP contribution in [0.5, 0.6) is 5.75 Å². The molecule has 94 valence electrons. The maximum absolute atomic E-state index is 9.17. The third-order valence-corrected chi connectivity index (χ3v) is 3.18. The number of hydrogen-bond donors (Lipinski definition) is 0. The van der Waals surface area contributed by atoms with Gasteiger partial charge in [0.25, 0.3) is 0 Å². The third-order valence-electron chi connectivity index (χ3n) is 2.24. The lowest BCUT2D eigenvalue weighted by molar-refractivity contribution is 0.255. The molecule has 0 fully saturated rings. The van der Waals surface area contributed by atoms with Crippen LogP contribution < -0.4 is 4.74 Å². The first-order chi connectivity index (χ1) is 8.41. The van der Waals surface area contributed by atoms with E-state index in [0.717, 1.165) is 0 Å². The van der Waals surface area contributed by atoms with E-state index in [1.54, 1.807) is 18.2 Å². The molecule has 1 aromatic rings. The zero-order chi connectivity index (χ0) is 13.8. The number of benzene rings is 1. The normalized spacial score (nSPS) is 12.3. The fourth-order valence-corrected chi connectivity index (χ4v) is 2.39. The molecule has 0 heterocycles. The molecule has 1 aromatic carbocycles. The van der Waals surface area contributed by atoms with Gasteiger partial charge in [0, 0.05) is 0 Å². The predicted molar refractivity (Wildman–Crippen MR) is 70.5 cm³/mol. The van der Waals surface area contributed by atoms with E-state index in [9.17, 15) is 0 Å². The first-order valence-electron chi connectivity index (χ1n) is 5.56. The van der Waals surface area contributed by atoms with Crippen LogP contribution in [0.3, 0.4) is 0 Å². The average molecular weight is 260 g/mol. The summed E-state index contributed by atoms with van der Waals surface area (Å²) in [6.45, 7) is 6.06. The van der Waals surface area contributed by atoms with Crippen LogP contribution in [0.2, 0.25) is 19.6 Å². The molecule has 0 aliphatic heterocycles. The Kier molecular flexibility index (Phi) is 4.49. The van der Waals surface area contributed by atoms with Gasteiger partial charge in [-0.15, -0.1) is 0 Å². The Morgan fingerprint density at radius 1 is 1.22 bits per heavy atom. The van der Waals surface area contributed by atoms with Gasteiger partial charge in [0.1, 0.15) is 11.8 Å². The molecule has 5 heteroatoms. The molecule has 0 spiro atoms. The van der Waals surface area contributed by atoms with Gasteiger partial charge in [-0.2, -0.15) is 10.5 Å². The molecule has 18 heavy (non-hydrogen) atoms. The van der Waals surface area contributed by atoms with Crippen LogP contribution in [0.4, 0.5) is 0 Å². The zero-order valence-corrected chi connectivity index (χ0v) is 12.0. The summed E-state index contributed by atoms with van der Waals surface area (Å²) in [6.07, 6.45) is -0.630. The monoisotopic (exact) mass is 260 g/mol. The minimum atomic E-state index is -1.81. The van der Waals surface area contributed by atoms with Gasteiger partial charge in [0.2, 0.25) is 0 Å². The van der Waals surface area contributed by atoms with Gasteiger partial charge in [-0.1, -0.05) is 6.07 Å². The third kappa shape index (κ3) is 3.59. The molecular weight excluding hydrogens is 244 g/mol. The van der Waals surface area contributed by atoms with Crippen molar-refractivity contribution >= 4 is 8.32 Å². The Morgan fingerprint density at radius 2 is 1.89 bits per heavy atom.